The Kier molecular flexibility index (Phi) is 11.2. The normalized spacial score (nSPS) is 17.0. The summed E-state index contributed by atoms with van der Waals surface area (Å²) in [5.74, 6) is 0.944. The van der Waals surface area contributed by atoms with Gasteiger partial charge in [-0.3, -0.25) is 14.4 Å². The number of amides is 3. The standard InChI is InChI=1S/C37H38Cl2N6O5/c1-49-36-22(17-40-18-24-11-15-32(47)41-24)9-13-30(43-36)28-7-3-5-26(34(28)38)27-6-4-8-29(35(27)39)31-14-10-23(37(44-31)50-2)19-45(21-46)20-25-12-16-33(48)42-25/h3-10,13-14,21,24-25,40H,11-12,15-20H2,1-2H3,(H,41,47)(H,42,48)/t24-,25+/m0/s1. The topological polar surface area (TPSA) is 135 Å². The fourth-order valence-electron chi connectivity index (χ4n) is 6.40. The van der Waals surface area contributed by atoms with E-state index < -0.39 is 0 Å². The van der Waals surface area contributed by atoms with E-state index in [1.54, 1.807) is 12.0 Å². The molecular formula is C37H38Cl2N6O5. The first-order valence-corrected chi connectivity index (χ1v) is 17.2. The quantitative estimate of drug-likeness (QED) is 0.148. The first-order chi connectivity index (χ1) is 24.3. The maximum atomic E-state index is 11.9. The van der Waals surface area contributed by atoms with Crippen molar-refractivity contribution < 1.29 is 23.9 Å². The van der Waals surface area contributed by atoms with Crippen LogP contribution in [0.15, 0.2) is 60.7 Å². The third kappa shape index (κ3) is 7.85. The molecule has 2 saturated heterocycles. The molecule has 50 heavy (non-hydrogen) atoms. The highest BCUT2D eigenvalue weighted by atomic mass is 35.5. The molecular weight excluding hydrogens is 679 g/mol. The molecule has 4 aromatic rings. The van der Waals surface area contributed by atoms with E-state index in [-0.39, 0.29) is 30.4 Å². The van der Waals surface area contributed by atoms with Crippen molar-refractivity contribution in [1.82, 2.24) is 30.8 Å². The Morgan fingerprint density at radius 2 is 1.30 bits per heavy atom. The average molecular weight is 718 g/mol. The van der Waals surface area contributed by atoms with Gasteiger partial charge in [-0.2, -0.15) is 0 Å². The fraction of sp³-hybridized carbons (Fsp3) is 0.324. The molecule has 13 heteroatoms. The van der Waals surface area contributed by atoms with Crippen LogP contribution in [0, 0.1) is 0 Å². The van der Waals surface area contributed by atoms with E-state index in [0.717, 1.165) is 40.6 Å². The summed E-state index contributed by atoms with van der Waals surface area (Å²) in [5.41, 5.74) is 5.71. The molecule has 2 atom stereocenters. The maximum absolute atomic E-state index is 11.9. The number of ether oxygens (including phenoxy) is 2. The van der Waals surface area contributed by atoms with Crippen LogP contribution in [-0.2, 0) is 27.5 Å². The van der Waals surface area contributed by atoms with Gasteiger partial charge in [0.1, 0.15) is 0 Å². The van der Waals surface area contributed by atoms with Gasteiger partial charge in [0, 0.05) is 77.9 Å². The number of rotatable bonds is 14. The lowest BCUT2D eigenvalue weighted by Gasteiger charge is -2.22. The number of carbonyl (C=O) groups excluding carboxylic acids is 3. The molecule has 2 aliphatic heterocycles. The zero-order chi connectivity index (χ0) is 35.2. The minimum atomic E-state index is -0.0731. The summed E-state index contributed by atoms with van der Waals surface area (Å²) in [6.07, 6.45) is 3.32. The lowest BCUT2D eigenvalue weighted by molar-refractivity contribution is -0.121. The summed E-state index contributed by atoms with van der Waals surface area (Å²) in [4.78, 5) is 46.1. The second-order valence-corrected chi connectivity index (χ2v) is 13.1. The van der Waals surface area contributed by atoms with Crippen molar-refractivity contribution in [2.24, 2.45) is 0 Å². The molecule has 3 amide bonds. The SMILES string of the molecule is COc1nc(-c2cccc(-c3cccc(-c4ccc(CN(C=O)C[C@H]5CCC(=O)N5)c(OC)n4)c3Cl)c2Cl)ccc1CNC[C@@H]1CCC(=O)N1. The molecule has 260 valence electrons. The van der Waals surface area contributed by atoms with Crippen molar-refractivity contribution in [1.29, 1.82) is 0 Å². The molecule has 3 N–H and O–H groups in total. The summed E-state index contributed by atoms with van der Waals surface area (Å²) in [6, 6.07) is 19.0. The third-order valence-corrected chi connectivity index (χ3v) is 9.77. The van der Waals surface area contributed by atoms with Crippen molar-refractivity contribution in [3.8, 4) is 45.4 Å². The van der Waals surface area contributed by atoms with Crippen LogP contribution in [0.25, 0.3) is 33.6 Å². The van der Waals surface area contributed by atoms with E-state index in [4.69, 9.17) is 42.6 Å². The summed E-state index contributed by atoms with van der Waals surface area (Å²) in [6.45, 7) is 1.88. The van der Waals surface area contributed by atoms with Crippen molar-refractivity contribution in [3.63, 3.8) is 0 Å². The molecule has 0 aliphatic carbocycles. The zero-order valence-corrected chi connectivity index (χ0v) is 29.3. The van der Waals surface area contributed by atoms with E-state index in [1.165, 1.54) is 7.11 Å². The predicted molar refractivity (Wildman–Crippen MR) is 192 cm³/mol. The van der Waals surface area contributed by atoms with Gasteiger partial charge in [0.05, 0.1) is 42.2 Å². The van der Waals surface area contributed by atoms with Crippen molar-refractivity contribution in [3.05, 3.63) is 81.8 Å². The fourth-order valence-corrected chi connectivity index (χ4v) is 7.04. The number of hydrogen-bond donors (Lipinski definition) is 3. The first kappa shape index (κ1) is 35.1. The van der Waals surface area contributed by atoms with E-state index in [1.807, 2.05) is 60.7 Å². The Bertz CT molecular complexity index is 1910. The highest BCUT2D eigenvalue weighted by molar-refractivity contribution is 6.39. The molecule has 0 unspecified atom stereocenters. The number of carbonyl (C=O) groups is 3. The first-order valence-electron chi connectivity index (χ1n) is 16.4. The number of methoxy groups -OCH3 is 2. The van der Waals surface area contributed by atoms with E-state index in [2.05, 4.69) is 16.0 Å². The average Bonchev–Trinajstić information content (AvgIpc) is 3.75. The van der Waals surface area contributed by atoms with Gasteiger partial charge in [0.25, 0.3) is 0 Å². The van der Waals surface area contributed by atoms with Crippen molar-refractivity contribution >= 4 is 41.4 Å². The van der Waals surface area contributed by atoms with Crippen LogP contribution in [0.4, 0.5) is 0 Å². The van der Waals surface area contributed by atoms with Gasteiger partial charge in [0.2, 0.25) is 30.0 Å². The molecule has 6 rings (SSSR count). The Hall–Kier alpha value is -4.71. The summed E-state index contributed by atoms with van der Waals surface area (Å²) in [5, 5.41) is 10.2. The molecule has 11 nitrogen and oxygen atoms in total. The van der Waals surface area contributed by atoms with Crippen molar-refractivity contribution in [2.75, 3.05) is 27.3 Å². The number of aromatic nitrogens is 2. The molecule has 2 aliphatic rings. The molecule has 2 aromatic carbocycles. The van der Waals surface area contributed by atoms with Crippen LogP contribution in [0.1, 0.15) is 36.8 Å². The number of halogens is 2. The van der Waals surface area contributed by atoms with E-state index in [9.17, 15) is 14.4 Å². The number of benzene rings is 2. The smallest absolute Gasteiger partial charge is 0.220 e. The van der Waals surface area contributed by atoms with Gasteiger partial charge in [-0.1, -0.05) is 65.7 Å². The predicted octanol–water partition coefficient (Wildman–Crippen LogP) is 5.41. The van der Waals surface area contributed by atoms with Crippen molar-refractivity contribution in [2.45, 2.75) is 50.9 Å². The van der Waals surface area contributed by atoms with Crippen LogP contribution in [-0.4, -0.2) is 72.5 Å². The molecule has 0 bridgehead atoms. The second kappa shape index (κ2) is 15.9. The maximum Gasteiger partial charge on any atom is 0.220 e. The van der Waals surface area contributed by atoms with Gasteiger partial charge in [0.15, 0.2) is 0 Å². The summed E-state index contributed by atoms with van der Waals surface area (Å²) in [7, 11) is 3.12. The molecule has 2 aromatic heterocycles. The monoisotopic (exact) mass is 716 g/mol. The highest BCUT2D eigenvalue weighted by Crippen LogP contribution is 2.42. The molecule has 0 spiro atoms. The van der Waals surface area contributed by atoms with Gasteiger partial charge in [-0.25, -0.2) is 9.97 Å². The van der Waals surface area contributed by atoms with Crippen LogP contribution >= 0.6 is 23.2 Å². The number of hydrogen-bond acceptors (Lipinski definition) is 8. The lowest BCUT2D eigenvalue weighted by atomic mass is 9.98. The largest absolute Gasteiger partial charge is 0.481 e. The van der Waals surface area contributed by atoms with Gasteiger partial charge in [-0.15, -0.1) is 0 Å². The zero-order valence-electron chi connectivity index (χ0n) is 27.8. The van der Waals surface area contributed by atoms with Gasteiger partial charge < -0.3 is 30.3 Å². The lowest BCUT2D eigenvalue weighted by Crippen LogP contribution is -2.37. The Balaban J connectivity index is 1.22. The van der Waals surface area contributed by atoms with Crippen LogP contribution in [0.3, 0.4) is 0 Å². The molecule has 4 heterocycles. The number of pyridine rings is 2. The summed E-state index contributed by atoms with van der Waals surface area (Å²) >= 11 is 14.1. The molecule has 0 saturated carbocycles. The number of nitrogens with one attached hydrogen (secondary N) is 3. The third-order valence-electron chi connectivity index (χ3n) is 8.96. The Morgan fingerprint density at radius 3 is 1.82 bits per heavy atom. The van der Waals surface area contributed by atoms with Gasteiger partial charge >= 0.3 is 0 Å². The molecule has 2 fully saturated rings. The summed E-state index contributed by atoms with van der Waals surface area (Å²) < 4.78 is 11.3. The van der Waals surface area contributed by atoms with Crippen LogP contribution in [0.2, 0.25) is 10.0 Å². The molecule has 0 radical (unpaired) electrons. The Morgan fingerprint density at radius 1 is 0.780 bits per heavy atom. The second-order valence-electron chi connectivity index (χ2n) is 12.3. The van der Waals surface area contributed by atoms with Crippen LogP contribution in [0.5, 0.6) is 11.8 Å². The number of nitrogens with zero attached hydrogens (tertiary/aromatic N) is 3. The minimum absolute atomic E-state index is 0.000150. The van der Waals surface area contributed by atoms with E-state index in [0.29, 0.717) is 77.7 Å². The minimum Gasteiger partial charge on any atom is -0.481 e. The highest BCUT2D eigenvalue weighted by Gasteiger charge is 2.24. The van der Waals surface area contributed by atoms with Gasteiger partial charge in [-0.05, 0) is 31.0 Å². The van der Waals surface area contributed by atoms with E-state index >= 15 is 0 Å². The van der Waals surface area contributed by atoms with Crippen LogP contribution < -0.4 is 25.4 Å². The Labute approximate surface area is 300 Å².